The van der Waals surface area contributed by atoms with Crippen LogP contribution < -0.4 is 0 Å². The van der Waals surface area contributed by atoms with Crippen LogP contribution in [0.25, 0.3) is 0 Å². The normalized spacial score (nSPS) is 16.3. The number of hydrogen-bond acceptors (Lipinski definition) is 6. The van der Waals surface area contributed by atoms with Gasteiger partial charge in [0.05, 0.1) is 0 Å². The molecular weight excluding hydrogens is 200 g/mol. The van der Waals surface area contributed by atoms with Gasteiger partial charge in [0.15, 0.2) is 0 Å². The maximum Gasteiger partial charge on any atom is 0.313 e. The second-order valence-corrected chi connectivity index (χ2v) is 5.53. The molecule has 11 heavy (non-hydrogen) atoms. The molecule has 0 aromatic carbocycles. The van der Waals surface area contributed by atoms with Gasteiger partial charge in [-0.25, -0.2) is 5.26 Å². The van der Waals surface area contributed by atoms with Gasteiger partial charge in [-0.15, -0.1) is 4.33 Å². The maximum atomic E-state index is 10.3. The summed E-state index contributed by atoms with van der Waals surface area (Å²) in [6.07, 6.45) is 0. The summed E-state index contributed by atoms with van der Waals surface area (Å²) in [6.45, 7) is 0.654. The minimum atomic E-state index is -4.75. The number of hydrogen-bond donors (Lipinski definition) is 2. The molecule has 0 rings (SSSR count). The van der Waals surface area contributed by atoms with Crippen molar-refractivity contribution in [3.63, 3.8) is 0 Å². The topological polar surface area (TPSA) is 118 Å². The van der Waals surface area contributed by atoms with Gasteiger partial charge in [-0.1, -0.05) is 0 Å². The summed E-state index contributed by atoms with van der Waals surface area (Å²) in [5.41, 5.74) is 0. The highest BCUT2D eigenvalue weighted by Crippen LogP contribution is 2.07. The van der Waals surface area contributed by atoms with Gasteiger partial charge in [-0.2, -0.15) is 16.8 Å². The van der Waals surface area contributed by atoms with E-state index < -0.39 is 24.8 Å². The fourth-order valence-corrected chi connectivity index (χ4v) is 1.63. The molecule has 0 aromatic rings. The molecule has 9 heteroatoms. The van der Waals surface area contributed by atoms with Crippen molar-refractivity contribution in [2.75, 3.05) is 0 Å². The molecule has 0 bridgehead atoms. The van der Waals surface area contributed by atoms with E-state index in [1.54, 1.807) is 0 Å². The van der Waals surface area contributed by atoms with Crippen molar-refractivity contribution in [1.82, 2.24) is 0 Å². The fourth-order valence-electron chi connectivity index (χ4n) is 0.210. The Morgan fingerprint density at radius 2 is 1.64 bits per heavy atom. The molecule has 0 aromatic heterocycles. The first kappa shape index (κ1) is 10.8. The quantitative estimate of drug-likeness (QED) is 0.346. The molecule has 0 aliphatic carbocycles. The summed E-state index contributed by atoms with van der Waals surface area (Å²) in [7, 11) is -9.38. The van der Waals surface area contributed by atoms with Gasteiger partial charge in [0.2, 0.25) is 4.58 Å². The highest BCUT2D eigenvalue weighted by molar-refractivity contribution is 8.04. The second-order valence-electron chi connectivity index (χ2n) is 1.65. The van der Waals surface area contributed by atoms with E-state index in [2.05, 4.69) is 4.33 Å². The van der Waals surface area contributed by atoms with Crippen LogP contribution in [0.4, 0.5) is 0 Å². The van der Waals surface area contributed by atoms with Crippen molar-refractivity contribution in [2.24, 2.45) is 0 Å². The SMILES string of the molecule is CC(S(=O)(=O)O)S(=O)(=O)OO. The lowest BCUT2D eigenvalue weighted by Crippen LogP contribution is -2.27. The first-order valence-electron chi connectivity index (χ1n) is 2.25. The van der Waals surface area contributed by atoms with E-state index in [1.165, 1.54) is 0 Å². The summed E-state index contributed by atoms with van der Waals surface area (Å²) in [4.78, 5) is 0. The Morgan fingerprint density at radius 1 is 1.27 bits per heavy atom. The summed E-state index contributed by atoms with van der Waals surface area (Å²) in [5.74, 6) is 0. The predicted octanol–water partition coefficient (Wildman–Crippen LogP) is -0.960. The molecule has 68 valence electrons. The zero-order chi connectivity index (χ0) is 9.28. The molecule has 0 radical (unpaired) electrons. The van der Waals surface area contributed by atoms with Crippen LogP contribution in [0.2, 0.25) is 0 Å². The minimum absolute atomic E-state index is 0.654. The zero-order valence-electron chi connectivity index (χ0n) is 5.33. The van der Waals surface area contributed by atoms with Crippen molar-refractivity contribution >= 4 is 20.2 Å². The zero-order valence-corrected chi connectivity index (χ0v) is 6.96. The van der Waals surface area contributed by atoms with E-state index in [0.29, 0.717) is 6.92 Å². The van der Waals surface area contributed by atoms with Crippen LogP contribution >= 0.6 is 0 Å². The third-order valence-electron chi connectivity index (χ3n) is 0.930. The smallest absolute Gasteiger partial charge is 0.284 e. The van der Waals surface area contributed by atoms with E-state index in [9.17, 15) is 16.8 Å². The lowest BCUT2D eigenvalue weighted by atomic mass is 11.0. The van der Waals surface area contributed by atoms with Gasteiger partial charge in [-0.05, 0) is 6.92 Å². The van der Waals surface area contributed by atoms with Crippen molar-refractivity contribution in [3.05, 3.63) is 0 Å². The lowest BCUT2D eigenvalue weighted by Gasteiger charge is -2.04. The van der Waals surface area contributed by atoms with Crippen LogP contribution in [0, 0.1) is 0 Å². The molecule has 2 N–H and O–H groups in total. The Bertz CT molecular complexity index is 308. The Labute approximate surface area is 63.4 Å². The van der Waals surface area contributed by atoms with Crippen molar-refractivity contribution in [2.45, 2.75) is 11.5 Å². The third-order valence-corrected chi connectivity index (χ3v) is 4.23. The molecule has 0 amide bonds. The molecule has 0 aliphatic heterocycles. The third kappa shape index (κ3) is 2.71. The monoisotopic (exact) mass is 206 g/mol. The second kappa shape index (κ2) is 3.03. The van der Waals surface area contributed by atoms with Crippen molar-refractivity contribution < 1.29 is 31.0 Å². The van der Waals surface area contributed by atoms with E-state index in [-0.39, 0.29) is 0 Å². The summed E-state index contributed by atoms with van der Waals surface area (Å²) in [5, 5.41) is 7.66. The lowest BCUT2D eigenvalue weighted by molar-refractivity contribution is -0.130. The van der Waals surface area contributed by atoms with E-state index in [1.807, 2.05) is 0 Å². The van der Waals surface area contributed by atoms with Crippen molar-refractivity contribution in [3.8, 4) is 0 Å². The molecule has 0 heterocycles. The summed E-state index contributed by atoms with van der Waals surface area (Å²) in [6, 6.07) is 0. The molecule has 1 atom stereocenters. The average molecular weight is 206 g/mol. The first-order valence-corrected chi connectivity index (χ1v) is 5.22. The maximum absolute atomic E-state index is 10.3. The van der Waals surface area contributed by atoms with Crippen LogP contribution in [-0.2, 0) is 24.6 Å². The Kier molecular flexibility index (Phi) is 2.97. The first-order chi connectivity index (χ1) is 4.72. The highest BCUT2D eigenvalue weighted by Gasteiger charge is 2.33. The van der Waals surface area contributed by atoms with Crippen LogP contribution in [0.15, 0.2) is 0 Å². The Balaban J connectivity index is 4.96. The molecule has 0 saturated heterocycles. The molecule has 0 fully saturated rings. The van der Waals surface area contributed by atoms with Gasteiger partial charge >= 0.3 is 10.1 Å². The van der Waals surface area contributed by atoms with E-state index in [4.69, 9.17) is 9.81 Å². The van der Waals surface area contributed by atoms with Crippen LogP contribution in [0.3, 0.4) is 0 Å². The molecule has 7 nitrogen and oxygen atoms in total. The van der Waals surface area contributed by atoms with E-state index >= 15 is 0 Å². The van der Waals surface area contributed by atoms with Gasteiger partial charge < -0.3 is 0 Å². The summed E-state index contributed by atoms with van der Waals surface area (Å²) >= 11 is 0. The van der Waals surface area contributed by atoms with Gasteiger partial charge in [0.25, 0.3) is 10.1 Å². The predicted molar refractivity (Wildman–Crippen MR) is 33.6 cm³/mol. The van der Waals surface area contributed by atoms with Gasteiger partial charge in [0, 0.05) is 0 Å². The molecule has 0 spiro atoms. The molecule has 0 saturated carbocycles. The van der Waals surface area contributed by atoms with Gasteiger partial charge in [0.1, 0.15) is 0 Å². The fraction of sp³-hybridized carbons (Fsp3) is 1.00. The summed E-state index contributed by atoms with van der Waals surface area (Å²) < 4.78 is 49.7. The molecule has 0 aliphatic rings. The molecule has 1 unspecified atom stereocenters. The van der Waals surface area contributed by atoms with Crippen LogP contribution in [-0.4, -0.2) is 31.2 Å². The van der Waals surface area contributed by atoms with Crippen LogP contribution in [0.5, 0.6) is 0 Å². The minimum Gasteiger partial charge on any atom is -0.284 e. The standard InChI is InChI=1S/C2H6O7S2/c1-2(10(4,5)6)11(7,8)9-3/h2-3H,1H3,(H,4,5,6). The van der Waals surface area contributed by atoms with Crippen molar-refractivity contribution in [1.29, 1.82) is 0 Å². The van der Waals surface area contributed by atoms with Crippen LogP contribution in [0.1, 0.15) is 6.92 Å². The molecular formula is C2H6O7S2. The van der Waals surface area contributed by atoms with Gasteiger partial charge in [-0.3, -0.25) is 4.55 Å². The Morgan fingerprint density at radius 3 is 1.73 bits per heavy atom. The van der Waals surface area contributed by atoms with E-state index in [0.717, 1.165) is 0 Å². The average Bonchev–Trinajstić information content (AvgIpc) is 1.84. The largest absolute Gasteiger partial charge is 0.313 e. The Hall–Kier alpha value is -0.220. The number of rotatable bonds is 3. The highest BCUT2D eigenvalue weighted by atomic mass is 32.3.